The van der Waals surface area contributed by atoms with Crippen LogP contribution in [0.3, 0.4) is 0 Å². The van der Waals surface area contributed by atoms with Crippen LogP contribution in [0.5, 0.6) is 0 Å². The fourth-order valence-electron chi connectivity index (χ4n) is 2.79. The summed E-state index contributed by atoms with van der Waals surface area (Å²) in [6, 6.07) is 9.86. The van der Waals surface area contributed by atoms with E-state index in [1.165, 1.54) is 0 Å². The number of ketones is 1. The van der Waals surface area contributed by atoms with Crippen LogP contribution < -0.4 is 5.32 Å². The molecule has 3 nitrogen and oxygen atoms in total. The normalized spacial score (nSPS) is 23.4. The van der Waals surface area contributed by atoms with E-state index < -0.39 is 0 Å². The maximum Gasteiger partial charge on any atom is 0.171 e. The molecule has 3 heteroatoms. The van der Waals surface area contributed by atoms with Gasteiger partial charge in [-0.1, -0.05) is 25.1 Å². The van der Waals surface area contributed by atoms with Crippen molar-refractivity contribution >= 4 is 16.7 Å². The highest BCUT2D eigenvalue weighted by Crippen LogP contribution is 2.30. The summed E-state index contributed by atoms with van der Waals surface area (Å²) in [5, 5.41) is 4.35. The summed E-state index contributed by atoms with van der Waals surface area (Å²) in [7, 11) is 0. The van der Waals surface area contributed by atoms with Gasteiger partial charge in [-0.2, -0.15) is 0 Å². The maximum atomic E-state index is 12.7. The summed E-state index contributed by atoms with van der Waals surface area (Å²) in [5.74, 6) is 0.206. The summed E-state index contributed by atoms with van der Waals surface area (Å²) in [6.45, 7) is 3.83. The zero-order valence-corrected chi connectivity index (χ0v) is 11.1. The monoisotopic (exact) mass is 254 g/mol. The third kappa shape index (κ3) is 2.26. The molecule has 0 radical (unpaired) electrons. The molecule has 0 saturated carbocycles. The molecular weight excluding hydrogens is 236 g/mol. The molecule has 1 saturated heterocycles. The van der Waals surface area contributed by atoms with Crippen molar-refractivity contribution in [2.45, 2.75) is 19.8 Å². The molecule has 2 heterocycles. The topological polar surface area (TPSA) is 42.0 Å². The average Bonchev–Trinajstić information content (AvgIpc) is 2.47. The van der Waals surface area contributed by atoms with Gasteiger partial charge < -0.3 is 5.32 Å². The molecule has 3 rings (SSSR count). The highest BCUT2D eigenvalue weighted by Gasteiger charge is 2.35. The van der Waals surface area contributed by atoms with Crippen LogP contribution in [0.15, 0.2) is 36.5 Å². The minimum Gasteiger partial charge on any atom is -0.316 e. The van der Waals surface area contributed by atoms with E-state index >= 15 is 0 Å². The van der Waals surface area contributed by atoms with Gasteiger partial charge >= 0.3 is 0 Å². The van der Waals surface area contributed by atoms with Crippen molar-refractivity contribution in [3.63, 3.8) is 0 Å². The van der Waals surface area contributed by atoms with E-state index in [2.05, 4.69) is 17.2 Å². The maximum absolute atomic E-state index is 12.7. The van der Waals surface area contributed by atoms with Crippen molar-refractivity contribution in [1.82, 2.24) is 10.3 Å². The third-order valence-electron chi connectivity index (χ3n) is 4.00. The van der Waals surface area contributed by atoms with Gasteiger partial charge in [-0.15, -0.1) is 0 Å². The van der Waals surface area contributed by atoms with Crippen LogP contribution in [0.1, 0.15) is 30.1 Å². The quantitative estimate of drug-likeness (QED) is 0.838. The molecule has 1 aromatic heterocycles. The van der Waals surface area contributed by atoms with Crippen molar-refractivity contribution < 1.29 is 4.79 Å². The number of aromatic nitrogens is 1. The Labute approximate surface area is 113 Å². The van der Waals surface area contributed by atoms with E-state index in [-0.39, 0.29) is 11.2 Å². The molecule has 0 amide bonds. The second-order valence-corrected chi connectivity index (χ2v) is 5.59. The van der Waals surface area contributed by atoms with Crippen LogP contribution in [-0.4, -0.2) is 23.9 Å². The smallest absolute Gasteiger partial charge is 0.171 e. The van der Waals surface area contributed by atoms with Gasteiger partial charge in [-0.05, 0) is 31.5 Å². The standard InChI is InChI=1S/C16H18N2O/c1-16(7-4-8-17-11-16)15(19)13-9-12-5-2-3-6-14(12)18-10-13/h2-3,5-6,9-10,17H,4,7-8,11H2,1H3. The predicted octanol–water partition coefficient (Wildman–Crippen LogP) is 2.81. The lowest BCUT2D eigenvalue weighted by atomic mass is 9.76. The van der Waals surface area contributed by atoms with Crippen molar-refractivity contribution in [2.75, 3.05) is 13.1 Å². The molecule has 98 valence electrons. The Morgan fingerprint density at radius 2 is 2.21 bits per heavy atom. The Hall–Kier alpha value is -1.74. The van der Waals surface area contributed by atoms with Crippen LogP contribution in [-0.2, 0) is 0 Å². The first-order valence-corrected chi connectivity index (χ1v) is 6.79. The number of para-hydroxylation sites is 1. The molecular formula is C16H18N2O. The van der Waals surface area contributed by atoms with Crippen LogP contribution in [0, 0.1) is 5.41 Å². The van der Waals surface area contributed by atoms with Gasteiger partial charge in [0.15, 0.2) is 5.78 Å². The van der Waals surface area contributed by atoms with Gasteiger partial charge in [0.25, 0.3) is 0 Å². The van der Waals surface area contributed by atoms with Crippen molar-refractivity contribution in [3.05, 3.63) is 42.1 Å². The van der Waals surface area contributed by atoms with E-state index in [0.717, 1.165) is 42.4 Å². The SMILES string of the molecule is CC1(C(=O)c2cnc3ccccc3c2)CCCNC1. The summed E-state index contributed by atoms with van der Waals surface area (Å²) in [6.07, 6.45) is 3.72. The van der Waals surface area contributed by atoms with E-state index in [9.17, 15) is 4.79 Å². The zero-order chi connectivity index (χ0) is 13.3. The largest absolute Gasteiger partial charge is 0.316 e. The van der Waals surface area contributed by atoms with Crippen molar-refractivity contribution in [3.8, 4) is 0 Å². The third-order valence-corrected chi connectivity index (χ3v) is 4.00. The van der Waals surface area contributed by atoms with Crippen molar-refractivity contribution in [1.29, 1.82) is 0 Å². The lowest BCUT2D eigenvalue weighted by Crippen LogP contribution is -2.43. The Morgan fingerprint density at radius 1 is 1.37 bits per heavy atom. The average molecular weight is 254 g/mol. The highest BCUT2D eigenvalue weighted by molar-refractivity contribution is 6.02. The number of carbonyl (C=O) groups excluding carboxylic acids is 1. The van der Waals surface area contributed by atoms with Gasteiger partial charge in [0.05, 0.1) is 5.52 Å². The summed E-state index contributed by atoms with van der Waals surface area (Å²) >= 11 is 0. The second-order valence-electron chi connectivity index (χ2n) is 5.59. The number of piperidine rings is 1. The zero-order valence-electron chi connectivity index (χ0n) is 11.1. The predicted molar refractivity (Wildman–Crippen MR) is 76.3 cm³/mol. The number of rotatable bonds is 2. The molecule has 1 aromatic carbocycles. The number of hydrogen-bond donors (Lipinski definition) is 1. The molecule has 1 fully saturated rings. The van der Waals surface area contributed by atoms with Crippen LogP contribution in [0.25, 0.3) is 10.9 Å². The Kier molecular flexibility index (Phi) is 3.07. The van der Waals surface area contributed by atoms with Gasteiger partial charge in [-0.3, -0.25) is 9.78 Å². The van der Waals surface area contributed by atoms with Gasteiger partial charge in [0.2, 0.25) is 0 Å². The van der Waals surface area contributed by atoms with Crippen LogP contribution in [0.2, 0.25) is 0 Å². The summed E-state index contributed by atoms with van der Waals surface area (Å²) in [4.78, 5) is 17.1. The van der Waals surface area contributed by atoms with E-state index in [0.29, 0.717) is 0 Å². The first-order valence-electron chi connectivity index (χ1n) is 6.79. The lowest BCUT2D eigenvalue weighted by Gasteiger charge is -2.32. The minimum absolute atomic E-state index is 0.206. The first kappa shape index (κ1) is 12.3. The molecule has 1 aliphatic rings. The molecule has 2 aromatic rings. The molecule has 19 heavy (non-hydrogen) atoms. The van der Waals surface area contributed by atoms with E-state index in [1.54, 1.807) is 6.20 Å². The fourth-order valence-corrected chi connectivity index (χ4v) is 2.79. The number of carbonyl (C=O) groups is 1. The Bertz CT molecular complexity index is 615. The van der Waals surface area contributed by atoms with Crippen LogP contribution in [0.4, 0.5) is 0 Å². The molecule has 1 atom stereocenters. The van der Waals surface area contributed by atoms with E-state index in [1.807, 2.05) is 30.3 Å². The number of pyridine rings is 1. The van der Waals surface area contributed by atoms with Gasteiger partial charge in [-0.25, -0.2) is 0 Å². The van der Waals surface area contributed by atoms with Crippen LogP contribution >= 0.6 is 0 Å². The number of fused-ring (bicyclic) bond motifs is 1. The highest BCUT2D eigenvalue weighted by atomic mass is 16.1. The Morgan fingerprint density at radius 3 is 3.00 bits per heavy atom. The minimum atomic E-state index is -0.289. The van der Waals surface area contributed by atoms with Gasteiger partial charge in [0.1, 0.15) is 0 Å². The number of nitrogens with zero attached hydrogens (tertiary/aromatic N) is 1. The van der Waals surface area contributed by atoms with Gasteiger partial charge in [0, 0.05) is 29.1 Å². The van der Waals surface area contributed by atoms with Crippen molar-refractivity contribution in [2.24, 2.45) is 5.41 Å². The molecule has 1 N–H and O–H groups in total. The summed E-state index contributed by atoms with van der Waals surface area (Å²) in [5.41, 5.74) is 1.37. The molecule has 0 bridgehead atoms. The van der Waals surface area contributed by atoms with E-state index in [4.69, 9.17) is 0 Å². The first-order chi connectivity index (χ1) is 9.19. The molecule has 1 unspecified atom stereocenters. The molecule has 0 aliphatic carbocycles. The number of Topliss-reactive ketones (excluding diaryl/α,β-unsaturated/α-hetero) is 1. The fraction of sp³-hybridized carbons (Fsp3) is 0.375. The molecule has 1 aliphatic heterocycles. The number of hydrogen-bond acceptors (Lipinski definition) is 3. The number of nitrogens with one attached hydrogen (secondary N) is 1. The lowest BCUT2D eigenvalue weighted by molar-refractivity contribution is 0.0773. The number of benzene rings is 1. The summed E-state index contributed by atoms with van der Waals surface area (Å²) < 4.78 is 0. The Balaban J connectivity index is 1.97. The second kappa shape index (κ2) is 4.74. The molecule has 0 spiro atoms.